The van der Waals surface area contributed by atoms with Crippen molar-refractivity contribution < 1.29 is 28.6 Å². The lowest BCUT2D eigenvalue weighted by molar-refractivity contribution is -0.167. The van der Waals surface area contributed by atoms with Crippen molar-refractivity contribution in [1.29, 1.82) is 0 Å². The van der Waals surface area contributed by atoms with E-state index in [0.717, 1.165) is 103 Å². The van der Waals surface area contributed by atoms with E-state index in [2.05, 4.69) is 106 Å². The molecule has 1 atom stereocenters. The van der Waals surface area contributed by atoms with Crippen molar-refractivity contribution in [3.63, 3.8) is 0 Å². The SMILES string of the molecule is CC/C=C\C/C=C\C/C=C\C/C=C\CCCCCCCCC(=O)OCC(COC(=O)CCC/C=C\C/C=C\C/C=C\CC)OC(=O)CCCCCCCCCCCCCCCCCCC. The number of carbonyl (C=O) groups is 3. The van der Waals surface area contributed by atoms with Gasteiger partial charge in [-0.05, 0) is 83.5 Å². The van der Waals surface area contributed by atoms with Gasteiger partial charge in [0, 0.05) is 19.3 Å². The zero-order chi connectivity index (χ0) is 47.2. The summed E-state index contributed by atoms with van der Waals surface area (Å²) in [7, 11) is 0. The Morgan fingerprint density at radius 1 is 0.323 bits per heavy atom. The number of hydrogen-bond donors (Lipinski definition) is 0. The molecular weight excluding hydrogens is 805 g/mol. The van der Waals surface area contributed by atoms with Gasteiger partial charge in [0.15, 0.2) is 6.10 Å². The summed E-state index contributed by atoms with van der Waals surface area (Å²) < 4.78 is 16.8. The van der Waals surface area contributed by atoms with E-state index in [1.807, 2.05) is 0 Å². The molecule has 0 aromatic carbocycles. The Hall–Kier alpha value is -3.41. The highest BCUT2D eigenvalue weighted by atomic mass is 16.6. The van der Waals surface area contributed by atoms with E-state index in [1.165, 1.54) is 103 Å². The number of allylic oxidation sites excluding steroid dienone is 14. The van der Waals surface area contributed by atoms with E-state index >= 15 is 0 Å². The van der Waals surface area contributed by atoms with Gasteiger partial charge >= 0.3 is 17.9 Å². The van der Waals surface area contributed by atoms with Gasteiger partial charge in [0.25, 0.3) is 0 Å². The number of unbranched alkanes of at least 4 members (excludes halogenated alkanes) is 23. The molecule has 0 amide bonds. The first-order chi connectivity index (χ1) is 32.0. The normalized spacial score (nSPS) is 12.7. The van der Waals surface area contributed by atoms with Gasteiger partial charge in [-0.2, -0.15) is 0 Å². The average Bonchev–Trinajstić information content (AvgIpc) is 3.30. The fraction of sp³-hybridized carbons (Fsp3) is 0.712. The molecule has 0 aliphatic rings. The van der Waals surface area contributed by atoms with Gasteiger partial charge in [0.05, 0.1) is 0 Å². The van der Waals surface area contributed by atoms with Crippen molar-refractivity contribution in [3.8, 4) is 0 Å². The summed E-state index contributed by atoms with van der Waals surface area (Å²) in [6, 6.07) is 0. The fourth-order valence-electron chi connectivity index (χ4n) is 7.40. The van der Waals surface area contributed by atoms with Crippen molar-refractivity contribution in [1.82, 2.24) is 0 Å². The number of rotatable bonds is 48. The zero-order valence-corrected chi connectivity index (χ0v) is 42.5. The Balaban J connectivity index is 4.39. The molecular formula is C59H100O6. The largest absolute Gasteiger partial charge is 0.462 e. The summed E-state index contributed by atoms with van der Waals surface area (Å²) in [6.07, 6.45) is 68.7. The van der Waals surface area contributed by atoms with Crippen LogP contribution in [0.5, 0.6) is 0 Å². The Morgan fingerprint density at radius 3 is 1.00 bits per heavy atom. The Labute approximate surface area is 401 Å². The van der Waals surface area contributed by atoms with Crippen LogP contribution in [0.3, 0.4) is 0 Å². The topological polar surface area (TPSA) is 78.9 Å². The van der Waals surface area contributed by atoms with Crippen molar-refractivity contribution in [3.05, 3.63) is 85.1 Å². The van der Waals surface area contributed by atoms with E-state index in [-0.39, 0.29) is 37.5 Å². The Bertz CT molecular complexity index is 1270. The molecule has 0 rings (SSSR count). The van der Waals surface area contributed by atoms with Crippen LogP contribution in [0.2, 0.25) is 0 Å². The standard InChI is InChI=1S/C59H100O6/c1-4-7-10-13-16-19-22-24-26-28-29-31-32-34-37-40-43-46-49-52-58(61)64-55-56(54-63-57(60)51-48-45-42-39-36-21-18-15-12-9-6-3)65-59(62)53-50-47-44-41-38-35-33-30-27-25-23-20-17-14-11-8-5-2/h7,9-10,12,16,18-19,21,24,26,29,31,39,42,56H,4-6,8,11,13-15,17,20,22-23,25,27-28,30,32-38,40-41,43-55H2,1-3H3/b10-7-,12-9-,19-16-,21-18-,26-24-,31-29-,42-39-. The smallest absolute Gasteiger partial charge is 0.306 e. The molecule has 1 unspecified atom stereocenters. The van der Waals surface area contributed by atoms with Gasteiger partial charge in [-0.1, -0.05) is 234 Å². The third-order valence-electron chi connectivity index (χ3n) is 11.4. The van der Waals surface area contributed by atoms with Crippen LogP contribution in [-0.4, -0.2) is 37.2 Å². The minimum atomic E-state index is -0.801. The molecule has 0 spiro atoms. The summed E-state index contributed by atoms with van der Waals surface area (Å²) in [4.78, 5) is 38.0. The molecule has 0 saturated heterocycles. The molecule has 0 bridgehead atoms. The third kappa shape index (κ3) is 51.4. The van der Waals surface area contributed by atoms with Crippen molar-refractivity contribution in [2.75, 3.05) is 13.2 Å². The van der Waals surface area contributed by atoms with Crippen molar-refractivity contribution >= 4 is 17.9 Å². The highest BCUT2D eigenvalue weighted by Gasteiger charge is 2.19. The first kappa shape index (κ1) is 61.6. The van der Waals surface area contributed by atoms with Gasteiger partial charge in [0.2, 0.25) is 0 Å². The number of hydrogen-bond acceptors (Lipinski definition) is 6. The molecule has 0 aromatic rings. The zero-order valence-electron chi connectivity index (χ0n) is 42.5. The van der Waals surface area contributed by atoms with Gasteiger partial charge in [-0.15, -0.1) is 0 Å². The number of ether oxygens (including phenoxy) is 3. The lowest BCUT2D eigenvalue weighted by Gasteiger charge is -2.18. The second-order valence-corrected chi connectivity index (χ2v) is 17.7. The molecule has 65 heavy (non-hydrogen) atoms. The van der Waals surface area contributed by atoms with Gasteiger partial charge in [-0.25, -0.2) is 0 Å². The minimum Gasteiger partial charge on any atom is -0.462 e. The van der Waals surface area contributed by atoms with E-state index in [4.69, 9.17) is 14.2 Å². The molecule has 0 aromatic heterocycles. The second kappa shape index (κ2) is 53.2. The van der Waals surface area contributed by atoms with Crippen LogP contribution in [0.15, 0.2) is 85.1 Å². The summed E-state index contributed by atoms with van der Waals surface area (Å²) in [5, 5.41) is 0. The Morgan fingerprint density at radius 2 is 0.615 bits per heavy atom. The third-order valence-corrected chi connectivity index (χ3v) is 11.4. The van der Waals surface area contributed by atoms with Crippen molar-refractivity contribution in [2.24, 2.45) is 0 Å². The molecule has 0 aliphatic carbocycles. The molecule has 372 valence electrons. The van der Waals surface area contributed by atoms with E-state index in [0.29, 0.717) is 19.3 Å². The first-order valence-electron chi connectivity index (χ1n) is 27.1. The maximum atomic E-state index is 12.8. The maximum absolute atomic E-state index is 12.8. The van der Waals surface area contributed by atoms with Crippen LogP contribution >= 0.6 is 0 Å². The average molecular weight is 905 g/mol. The second-order valence-electron chi connectivity index (χ2n) is 17.7. The summed E-state index contributed by atoms with van der Waals surface area (Å²) in [6.45, 7) is 6.36. The monoisotopic (exact) mass is 905 g/mol. The fourth-order valence-corrected chi connectivity index (χ4v) is 7.40. The minimum absolute atomic E-state index is 0.0985. The summed E-state index contributed by atoms with van der Waals surface area (Å²) >= 11 is 0. The molecule has 0 N–H and O–H groups in total. The lowest BCUT2D eigenvalue weighted by Crippen LogP contribution is -2.30. The van der Waals surface area contributed by atoms with Crippen LogP contribution in [0.1, 0.15) is 252 Å². The van der Waals surface area contributed by atoms with Gasteiger partial charge < -0.3 is 14.2 Å². The highest BCUT2D eigenvalue weighted by Crippen LogP contribution is 2.16. The Kier molecular flexibility index (Phi) is 50.4. The van der Waals surface area contributed by atoms with Crippen LogP contribution in [0, 0.1) is 0 Å². The molecule has 6 heteroatoms. The number of esters is 3. The van der Waals surface area contributed by atoms with Gasteiger partial charge in [-0.3, -0.25) is 14.4 Å². The van der Waals surface area contributed by atoms with Crippen LogP contribution in [0.4, 0.5) is 0 Å². The molecule has 0 fully saturated rings. The molecule has 0 saturated carbocycles. The molecule has 0 heterocycles. The summed E-state index contributed by atoms with van der Waals surface area (Å²) in [5.41, 5.74) is 0. The van der Waals surface area contributed by atoms with Crippen LogP contribution in [-0.2, 0) is 28.6 Å². The maximum Gasteiger partial charge on any atom is 0.306 e. The molecule has 0 radical (unpaired) electrons. The van der Waals surface area contributed by atoms with Crippen LogP contribution < -0.4 is 0 Å². The van der Waals surface area contributed by atoms with E-state index < -0.39 is 6.10 Å². The van der Waals surface area contributed by atoms with Gasteiger partial charge in [0.1, 0.15) is 13.2 Å². The van der Waals surface area contributed by atoms with Crippen molar-refractivity contribution in [2.45, 2.75) is 258 Å². The summed E-state index contributed by atoms with van der Waals surface area (Å²) in [5.74, 6) is -0.963. The predicted molar refractivity (Wildman–Crippen MR) is 279 cm³/mol. The molecule has 6 nitrogen and oxygen atoms in total. The number of carbonyl (C=O) groups excluding carboxylic acids is 3. The van der Waals surface area contributed by atoms with E-state index in [1.54, 1.807) is 0 Å². The predicted octanol–water partition coefficient (Wildman–Crippen LogP) is 18.0. The quantitative estimate of drug-likeness (QED) is 0.0262. The highest BCUT2D eigenvalue weighted by molar-refractivity contribution is 5.71. The lowest BCUT2D eigenvalue weighted by atomic mass is 10.0. The molecule has 0 aliphatic heterocycles. The first-order valence-corrected chi connectivity index (χ1v) is 27.1. The van der Waals surface area contributed by atoms with Crippen LogP contribution in [0.25, 0.3) is 0 Å². The van der Waals surface area contributed by atoms with E-state index in [9.17, 15) is 14.4 Å².